The topological polar surface area (TPSA) is 76.0 Å². The Morgan fingerprint density at radius 3 is 2.50 bits per heavy atom. The molecular formula is C15H20FO5P. The zero-order valence-electron chi connectivity index (χ0n) is 12.4. The van der Waals surface area contributed by atoms with E-state index in [0.29, 0.717) is 5.56 Å². The lowest BCUT2D eigenvalue weighted by atomic mass is 10.0. The standard InChI is InChI=1S/C15H20FO5P/c1-10(2)20-15-12(8-9-22(17,18)19)21-14(13(15)16)11-6-4-3-5-7-11/h3-10,12-15H,1-2H3,(H2,17,18,19)/b9-8+/t12-,13+,14+,15-/m1/s1. The predicted octanol–water partition coefficient (Wildman–Crippen LogP) is 2.95. The first-order valence-electron chi connectivity index (χ1n) is 7.02. The zero-order valence-corrected chi connectivity index (χ0v) is 13.3. The Hall–Kier alpha value is -1.04. The molecule has 0 saturated carbocycles. The van der Waals surface area contributed by atoms with Gasteiger partial charge in [-0.1, -0.05) is 30.3 Å². The summed E-state index contributed by atoms with van der Waals surface area (Å²) in [6, 6.07) is 8.88. The van der Waals surface area contributed by atoms with Crippen LogP contribution in [-0.2, 0) is 14.0 Å². The first-order chi connectivity index (χ1) is 10.3. The molecule has 1 aromatic carbocycles. The second-order valence-electron chi connectivity index (χ2n) is 5.46. The molecule has 2 N–H and O–H groups in total. The fourth-order valence-corrected chi connectivity index (χ4v) is 2.79. The molecule has 0 amide bonds. The minimum Gasteiger partial charge on any atom is -0.369 e. The molecule has 1 fully saturated rings. The van der Waals surface area contributed by atoms with Crippen LogP contribution in [0, 0.1) is 0 Å². The van der Waals surface area contributed by atoms with Crippen LogP contribution in [0.15, 0.2) is 42.2 Å². The van der Waals surface area contributed by atoms with Crippen molar-refractivity contribution in [3.05, 3.63) is 47.8 Å². The highest BCUT2D eigenvalue weighted by Gasteiger charge is 2.46. The predicted molar refractivity (Wildman–Crippen MR) is 80.1 cm³/mol. The van der Waals surface area contributed by atoms with Crippen molar-refractivity contribution in [3.63, 3.8) is 0 Å². The van der Waals surface area contributed by atoms with Crippen molar-refractivity contribution in [2.45, 2.75) is 44.4 Å². The van der Waals surface area contributed by atoms with E-state index in [0.717, 1.165) is 5.82 Å². The Balaban J connectivity index is 2.24. The van der Waals surface area contributed by atoms with Crippen molar-refractivity contribution < 1.29 is 28.2 Å². The largest absolute Gasteiger partial charge is 0.369 e. The van der Waals surface area contributed by atoms with Gasteiger partial charge >= 0.3 is 7.60 Å². The molecule has 0 radical (unpaired) electrons. The highest BCUT2D eigenvalue weighted by Crippen LogP contribution is 2.41. The molecule has 2 rings (SSSR count). The van der Waals surface area contributed by atoms with E-state index in [1.165, 1.54) is 6.08 Å². The maximum absolute atomic E-state index is 14.7. The number of benzene rings is 1. The van der Waals surface area contributed by atoms with Crippen LogP contribution in [-0.4, -0.2) is 34.3 Å². The Morgan fingerprint density at radius 1 is 1.32 bits per heavy atom. The number of hydrogen-bond acceptors (Lipinski definition) is 3. The Labute approximate surface area is 128 Å². The summed E-state index contributed by atoms with van der Waals surface area (Å²) in [5.74, 6) is 0.731. The van der Waals surface area contributed by atoms with E-state index in [4.69, 9.17) is 19.3 Å². The Bertz CT molecular complexity index is 556. The number of ether oxygens (including phenoxy) is 2. The van der Waals surface area contributed by atoms with E-state index in [2.05, 4.69) is 0 Å². The summed E-state index contributed by atoms with van der Waals surface area (Å²) in [7, 11) is -4.33. The molecule has 0 aliphatic carbocycles. The molecule has 1 aliphatic heterocycles. The van der Waals surface area contributed by atoms with Crippen LogP contribution in [0.3, 0.4) is 0 Å². The van der Waals surface area contributed by atoms with Gasteiger partial charge in [0.25, 0.3) is 0 Å². The van der Waals surface area contributed by atoms with Gasteiger partial charge in [0.05, 0.1) is 6.10 Å². The van der Waals surface area contributed by atoms with Crippen molar-refractivity contribution in [1.29, 1.82) is 0 Å². The smallest absolute Gasteiger partial charge is 0.348 e. The van der Waals surface area contributed by atoms with Crippen LogP contribution >= 0.6 is 7.60 Å². The molecule has 0 spiro atoms. The number of rotatable bonds is 5. The van der Waals surface area contributed by atoms with Crippen LogP contribution in [0.2, 0.25) is 0 Å². The molecule has 5 nitrogen and oxygen atoms in total. The highest BCUT2D eigenvalue weighted by atomic mass is 31.2. The van der Waals surface area contributed by atoms with Gasteiger partial charge in [0.2, 0.25) is 0 Å². The fraction of sp³-hybridized carbons (Fsp3) is 0.467. The summed E-state index contributed by atoms with van der Waals surface area (Å²) in [6.45, 7) is 3.54. The first kappa shape index (κ1) is 17.3. The minimum atomic E-state index is -4.33. The molecule has 4 atom stereocenters. The van der Waals surface area contributed by atoms with Gasteiger partial charge in [-0.25, -0.2) is 4.39 Å². The summed E-state index contributed by atoms with van der Waals surface area (Å²) < 4.78 is 36.8. The maximum Gasteiger partial charge on any atom is 0.348 e. The first-order valence-corrected chi connectivity index (χ1v) is 8.70. The summed E-state index contributed by atoms with van der Waals surface area (Å²) in [5, 5.41) is 0. The third-order valence-electron chi connectivity index (χ3n) is 3.26. The van der Waals surface area contributed by atoms with Crippen molar-refractivity contribution in [3.8, 4) is 0 Å². The molecule has 1 heterocycles. The molecule has 1 aromatic rings. The van der Waals surface area contributed by atoms with Gasteiger partial charge in [-0.2, -0.15) is 0 Å². The second-order valence-corrected chi connectivity index (χ2v) is 6.93. The zero-order chi connectivity index (χ0) is 16.3. The van der Waals surface area contributed by atoms with Crippen LogP contribution in [0.1, 0.15) is 25.5 Å². The van der Waals surface area contributed by atoms with Crippen LogP contribution in [0.5, 0.6) is 0 Å². The molecule has 0 aromatic heterocycles. The van der Waals surface area contributed by atoms with E-state index >= 15 is 0 Å². The van der Waals surface area contributed by atoms with Crippen molar-refractivity contribution in [2.75, 3.05) is 0 Å². The van der Waals surface area contributed by atoms with Crippen molar-refractivity contribution >= 4 is 7.60 Å². The third-order valence-corrected chi connectivity index (χ3v) is 3.82. The summed E-state index contributed by atoms with van der Waals surface area (Å²) >= 11 is 0. The van der Waals surface area contributed by atoms with Gasteiger partial charge in [-0.15, -0.1) is 0 Å². The Kier molecular flexibility index (Phi) is 5.53. The average molecular weight is 330 g/mol. The molecular weight excluding hydrogens is 310 g/mol. The van der Waals surface area contributed by atoms with Crippen molar-refractivity contribution in [2.24, 2.45) is 0 Å². The molecule has 22 heavy (non-hydrogen) atoms. The lowest BCUT2D eigenvalue weighted by Gasteiger charge is -2.20. The monoisotopic (exact) mass is 330 g/mol. The quantitative estimate of drug-likeness (QED) is 0.812. The lowest BCUT2D eigenvalue weighted by Crippen LogP contribution is -2.32. The fourth-order valence-electron chi connectivity index (χ4n) is 2.40. The summed E-state index contributed by atoms with van der Waals surface area (Å²) in [6.07, 6.45) is -3.05. The SMILES string of the molecule is CC(C)O[C@H]1[C@@H](F)[C@H](c2ccccc2)O[C@@H]1/C=C/P(=O)(O)O. The summed E-state index contributed by atoms with van der Waals surface area (Å²) in [4.78, 5) is 17.9. The van der Waals surface area contributed by atoms with Crippen LogP contribution < -0.4 is 0 Å². The van der Waals surface area contributed by atoms with Crippen molar-refractivity contribution in [1.82, 2.24) is 0 Å². The number of halogens is 1. The molecule has 0 bridgehead atoms. The average Bonchev–Trinajstić information content (AvgIpc) is 2.74. The maximum atomic E-state index is 14.7. The molecule has 1 aliphatic rings. The molecule has 122 valence electrons. The third kappa shape index (κ3) is 4.48. The van der Waals surface area contributed by atoms with Gasteiger partial charge in [0.1, 0.15) is 18.3 Å². The van der Waals surface area contributed by atoms with E-state index in [-0.39, 0.29) is 6.10 Å². The van der Waals surface area contributed by atoms with Gasteiger partial charge in [0, 0.05) is 5.82 Å². The molecule has 0 unspecified atom stereocenters. The van der Waals surface area contributed by atoms with Gasteiger partial charge in [-0.3, -0.25) is 4.57 Å². The van der Waals surface area contributed by atoms with Crippen LogP contribution in [0.25, 0.3) is 0 Å². The van der Waals surface area contributed by atoms with E-state index < -0.39 is 32.1 Å². The molecule has 7 heteroatoms. The van der Waals surface area contributed by atoms with Crippen LogP contribution in [0.4, 0.5) is 4.39 Å². The van der Waals surface area contributed by atoms with E-state index in [1.54, 1.807) is 38.1 Å². The number of alkyl halides is 1. The summed E-state index contributed by atoms with van der Waals surface area (Å²) in [5.41, 5.74) is 0.666. The van der Waals surface area contributed by atoms with Gasteiger partial charge < -0.3 is 19.3 Å². The minimum absolute atomic E-state index is 0.229. The lowest BCUT2D eigenvalue weighted by molar-refractivity contribution is -0.0388. The van der Waals surface area contributed by atoms with E-state index in [9.17, 15) is 8.96 Å². The van der Waals surface area contributed by atoms with Gasteiger partial charge in [-0.05, 0) is 25.5 Å². The van der Waals surface area contributed by atoms with E-state index in [1.807, 2.05) is 6.07 Å². The van der Waals surface area contributed by atoms with Gasteiger partial charge in [0.15, 0.2) is 6.17 Å². The Morgan fingerprint density at radius 2 is 1.95 bits per heavy atom. The number of hydrogen-bond donors (Lipinski definition) is 2. The molecule has 1 saturated heterocycles. The normalized spacial score (nSPS) is 29.5. The highest BCUT2D eigenvalue weighted by molar-refractivity contribution is 7.55. The second kappa shape index (κ2) is 7.02.